The molecule has 0 radical (unpaired) electrons. The predicted molar refractivity (Wildman–Crippen MR) is 83.4 cm³/mol. The van der Waals surface area contributed by atoms with E-state index in [1.54, 1.807) is 31.2 Å². The summed E-state index contributed by atoms with van der Waals surface area (Å²) in [6, 6.07) is 5.08. The largest absolute Gasteiger partial charge is 0.497 e. The van der Waals surface area contributed by atoms with Gasteiger partial charge >= 0.3 is 5.97 Å². The third-order valence-electron chi connectivity index (χ3n) is 2.67. The van der Waals surface area contributed by atoms with Crippen molar-refractivity contribution in [2.75, 3.05) is 26.8 Å². The number of carbonyl (C=O) groups is 2. The van der Waals surface area contributed by atoms with Crippen LogP contribution >= 0.6 is 15.9 Å². The number of benzene rings is 1. The summed E-state index contributed by atoms with van der Waals surface area (Å²) in [6.45, 7) is 5.73. The zero-order chi connectivity index (χ0) is 15.8. The number of carbonyl (C=O) groups excluding carboxylic acids is 2. The van der Waals surface area contributed by atoms with Crippen molar-refractivity contribution in [1.29, 1.82) is 0 Å². The molecule has 0 heterocycles. The molecule has 0 aliphatic rings. The quantitative estimate of drug-likeness (QED) is 0.557. The lowest BCUT2D eigenvalue weighted by Gasteiger charge is -2.21. The molecule has 21 heavy (non-hydrogen) atoms. The Hall–Kier alpha value is -1.82. The maximum absolute atomic E-state index is 12.5. The number of hydrogen-bond acceptors (Lipinski definition) is 4. The summed E-state index contributed by atoms with van der Waals surface area (Å²) < 4.78 is 10.6. The van der Waals surface area contributed by atoms with Crippen LogP contribution < -0.4 is 4.74 Å². The standard InChI is InChI=1S/C15H18BrNO4/c1-4-8-17(10-14(18)21-5-2)15(19)12-9-11(20-3)6-7-13(12)16/h4,6-7,9H,1,5,8,10H2,2-3H3. The van der Waals surface area contributed by atoms with Gasteiger partial charge in [0.25, 0.3) is 5.91 Å². The summed E-state index contributed by atoms with van der Waals surface area (Å²) in [5, 5.41) is 0. The van der Waals surface area contributed by atoms with Crippen LogP contribution in [0.4, 0.5) is 0 Å². The van der Waals surface area contributed by atoms with Gasteiger partial charge in [0.2, 0.25) is 0 Å². The van der Waals surface area contributed by atoms with E-state index in [1.807, 2.05) is 0 Å². The van der Waals surface area contributed by atoms with E-state index in [1.165, 1.54) is 12.0 Å². The maximum atomic E-state index is 12.5. The fraction of sp³-hybridized carbons (Fsp3) is 0.333. The second kappa shape index (κ2) is 8.46. The van der Waals surface area contributed by atoms with Gasteiger partial charge in [0.1, 0.15) is 12.3 Å². The Morgan fingerprint density at radius 2 is 2.14 bits per heavy atom. The van der Waals surface area contributed by atoms with Crippen LogP contribution in [0.2, 0.25) is 0 Å². The molecule has 0 saturated carbocycles. The molecule has 0 bridgehead atoms. The van der Waals surface area contributed by atoms with Crippen LogP contribution in [-0.2, 0) is 9.53 Å². The minimum Gasteiger partial charge on any atom is -0.497 e. The van der Waals surface area contributed by atoms with Crippen LogP contribution in [0.5, 0.6) is 5.75 Å². The number of esters is 1. The number of ether oxygens (including phenoxy) is 2. The van der Waals surface area contributed by atoms with Gasteiger partial charge in [0.15, 0.2) is 0 Å². The minimum atomic E-state index is -0.452. The van der Waals surface area contributed by atoms with Gasteiger partial charge in [0.05, 0.1) is 19.3 Å². The highest BCUT2D eigenvalue weighted by Crippen LogP contribution is 2.23. The Labute approximate surface area is 132 Å². The first kappa shape index (κ1) is 17.2. The Bertz CT molecular complexity index is 530. The number of methoxy groups -OCH3 is 1. The number of halogens is 1. The topological polar surface area (TPSA) is 55.8 Å². The normalized spacial score (nSPS) is 9.86. The van der Waals surface area contributed by atoms with Gasteiger partial charge in [-0.15, -0.1) is 6.58 Å². The van der Waals surface area contributed by atoms with Crippen LogP contribution in [-0.4, -0.2) is 43.6 Å². The predicted octanol–water partition coefficient (Wildman–Crippen LogP) is 2.65. The average molecular weight is 356 g/mol. The molecule has 1 amide bonds. The molecule has 114 valence electrons. The second-order valence-electron chi connectivity index (χ2n) is 4.13. The molecule has 0 aromatic heterocycles. The summed E-state index contributed by atoms with van der Waals surface area (Å²) in [7, 11) is 1.53. The molecule has 0 fully saturated rings. The molecule has 0 saturated heterocycles. The van der Waals surface area contributed by atoms with E-state index in [-0.39, 0.29) is 25.6 Å². The van der Waals surface area contributed by atoms with E-state index in [2.05, 4.69) is 22.5 Å². The van der Waals surface area contributed by atoms with Gasteiger partial charge in [-0.25, -0.2) is 0 Å². The molecule has 6 heteroatoms. The number of amides is 1. The third kappa shape index (κ3) is 4.90. The van der Waals surface area contributed by atoms with Crippen molar-refractivity contribution in [3.8, 4) is 5.75 Å². The molecule has 0 atom stereocenters. The van der Waals surface area contributed by atoms with Crippen molar-refractivity contribution >= 4 is 27.8 Å². The van der Waals surface area contributed by atoms with Gasteiger partial charge in [-0.1, -0.05) is 6.08 Å². The highest BCUT2D eigenvalue weighted by atomic mass is 79.9. The fourth-order valence-corrected chi connectivity index (χ4v) is 2.12. The van der Waals surface area contributed by atoms with Crippen LogP contribution in [0.3, 0.4) is 0 Å². The molecule has 0 unspecified atom stereocenters. The summed E-state index contributed by atoms with van der Waals surface area (Å²) in [4.78, 5) is 25.5. The van der Waals surface area contributed by atoms with E-state index in [0.717, 1.165) is 0 Å². The number of hydrogen-bond donors (Lipinski definition) is 0. The molecular weight excluding hydrogens is 338 g/mol. The lowest BCUT2D eigenvalue weighted by atomic mass is 10.2. The van der Waals surface area contributed by atoms with Crippen molar-refractivity contribution in [1.82, 2.24) is 4.90 Å². The zero-order valence-electron chi connectivity index (χ0n) is 12.1. The van der Waals surface area contributed by atoms with Crippen molar-refractivity contribution in [2.24, 2.45) is 0 Å². The van der Waals surface area contributed by atoms with Crippen molar-refractivity contribution in [2.45, 2.75) is 6.92 Å². The first-order valence-electron chi connectivity index (χ1n) is 6.42. The van der Waals surface area contributed by atoms with Gasteiger partial charge in [-0.05, 0) is 41.1 Å². The first-order valence-corrected chi connectivity index (χ1v) is 7.22. The monoisotopic (exact) mass is 355 g/mol. The van der Waals surface area contributed by atoms with Crippen molar-refractivity contribution in [3.05, 3.63) is 40.9 Å². The SMILES string of the molecule is C=CCN(CC(=O)OCC)C(=O)c1cc(OC)ccc1Br. The van der Waals surface area contributed by atoms with Crippen molar-refractivity contribution < 1.29 is 19.1 Å². The Balaban J connectivity index is 2.99. The third-order valence-corrected chi connectivity index (χ3v) is 3.36. The van der Waals surface area contributed by atoms with E-state index in [9.17, 15) is 9.59 Å². The number of nitrogens with zero attached hydrogens (tertiary/aromatic N) is 1. The van der Waals surface area contributed by atoms with Crippen LogP contribution in [0.25, 0.3) is 0 Å². The van der Waals surface area contributed by atoms with E-state index >= 15 is 0 Å². The average Bonchev–Trinajstić information content (AvgIpc) is 2.47. The molecule has 0 spiro atoms. The fourth-order valence-electron chi connectivity index (χ4n) is 1.70. The second-order valence-corrected chi connectivity index (χ2v) is 4.98. The lowest BCUT2D eigenvalue weighted by molar-refractivity contribution is -0.143. The molecule has 0 aliphatic heterocycles. The zero-order valence-corrected chi connectivity index (χ0v) is 13.7. The molecule has 1 rings (SSSR count). The van der Waals surface area contributed by atoms with Gasteiger partial charge < -0.3 is 14.4 Å². The molecule has 5 nitrogen and oxygen atoms in total. The van der Waals surface area contributed by atoms with Crippen LogP contribution in [0.15, 0.2) is 35.3 Å². The number of rotatable bonds is 7. The molecular formula is C15H18BrNO4. The van der Waals surface area contributed by atoms with Gasteiger partial charge in [-0.3, -0.25) is 9.59 Å². The smallest absolute Gasteiger partial charge is 0.325 e. The first-order chi connectivity index (χ1) is 10.0. The van der Waals surface area contributed by atoms with Crippen LogP contribution in [0, 0.1) is 0 Å². The van der Waals surface area contributed by atoms with E-state index in [0.29, 0.717) is 15.8 Å². The summed E-state index contributed by atoms with van der Waals surface area (Å²) in [5.74, 6) is -0.184. The minimum absolute atomic E-state index is 0.123. The Kier molecular flexibility index (Phi) is 6.94. The molecule has 0 N–H and O–H groups in total. The van der Waals surface area contributed by atoms with E-state index < -0.39 is 5.97 Å². The Morgan fingerprint density at radius 1 is 1.43 bits per heavy atom. The highest BCUT2D eigenvalue weighted by molar-refractivity contribution is 9.10. The van der Waals surface area contributed by atoms with Crippen molar-refractivity contribution in [3.63, 3.8) is 0 Å². The summed E-state index contributed by atoms with van der Waals surface area (Å²) >= 11 is 3.33. The van der Waals surface area contributed by atoms with Gasteiger partial charge in [0, 0.05) is 11.0 Å². The maximum Gasteiger partial charge on any atom is 0.325 e. The molecule has 0 aliphatic carbocycles. The molecule has 1 aromatic rings. The highest BCUT2D eigenvalue weighted by Gasteiger charge is 2.21. The Morgan fingerprint density at radius 3 is 2.71 bits per heavy atom. The van der Waals surface area contributed by atoms with Gasteiger partial charge in [-0.2, -0.15) is 0 Å². The van der Waals surface area contributed by atoms with Crippen LogP contribution in [0.1, 0.15) is 17.3 Å². The van der Waals surface area contributed by atoms with E-state index in [4.69, 9.17) is 9.47 Å². The summed E-state index contributed by atoms with van der Waals surface area (Å²) in [5.41, 5.74) is 0.417. The molecule has 1 aromatic carbocycles. The lowest BCUT2D eigenvalue weighted by Crippen LogP contribution is -2.36. The summed E-state index contributed by atoms with van der Waals surface area (Å²) in [6.07, 6.45) is 1.56.